The molecule has 0 saturated carbocycles. The summed E-state index contributed by atoms with van der Waals surface area (Å²) in [6.45, 7) is 5.28. The van der Waals surface area contributed by atoms with Gasteiger partial charge in [-0.1, -0.05) is 6.07 Å². The first-order chi connectivity index (χ1) is 17.3. The van der Waals surface area contributed by atoms with Crippen molar-refractivity contribution >= 4 is 28.9 Å². The summed E-state index contributed by atoms with van der Waals surface area (Å²) in [5, 5.41) is 6.93. The minimum Gasteiger partial charge on any atom is -0.495 e. The third-order valence-corrected chi connectivity index (χ3v) is 6.12. The highest BCUT2D eigenvalue weighted by Crippen LogP contribution is 2.40. The van der Waals surface area contributed by atoms with Gasteiger partial charge in [-0.15, -0.1) is 0 Å². The van der Waals surface area contributed by atoms with Gasteiger partial charge in [-0.25, -0.2) is 14.3 Å². The molecule has 37 heavy (non-hydrogen) atoms. The fourth-order valence-corrected chi connectivity index (χ4v) is 4.40. The van der Waals surface area contributed by atoms with Crippen molar-refractivity contribution in [1.29, 1.82) is 0 Å². The highest BCUT2D eigenvalue weighted by atomic mass is 19.4. The van der Waals surface area contributed by atoms with Crippen molar-refractivity contribution in [2.75, 3.05) is 36.1 Å². The van der Waals surface area contributed by atoms with Crippen LogP contribution in [0.4, 0.5) is 35.3 Å². The third-order valence-electron chi connectivity index (χ3n) is 6.12. The zero-order valence-electron chi connectivity index (χ0n) is 21.0. The molecular formula is C24H30F3N7O3. The molecule has 3 heterocycles. The van der Waals surface area contributed by atoms with Gasteiger partial charge in [0.1, 0.15) is 29.0 Å². The zero-order valence-corrected chi connectivity index (χ0v) is 21.0. The Morgan fingerprint density at radius 2 is 1.95 bits per heavy atom. The molecule has 0 unspecified atom stereocenters. The molecule has 5 N–H and O–H groups in total. The first-order valence-corrected chi connectivity index (χ1v) is 11.7. The molecule has 1 saturated heterocycles. The summed E-state index contributed by atoms with van der Waals surface area (Å²) in [7, 11) is 1.45. The number of ether oxygens (including phenoxy) is 2. The molecule has 1 amide bonds. The number of carbonyl (C=O) groups excluding carboxylic acids is 1. The molecule has 1 aliphatic rings. The SMILES string of the molecule is COc1cc(-c2cc(N3CC[C@@H](N)[C@@H](C(F)(F)F)C3)n3ncnc(N)c23)ccc1NC(=O)OC(C)(C)C. The molecular weight excluding hydrogens is 491 g/mol. The Hall–Kier alpha value is -3.74. The Kier molecular flexibility index (Phi) is 6.84. The van der Waals surface area contributed by atoms with Crippen LogP contribution >= 0.6 is 0 Å². The molecule has 200 valence electrons. The molecule has 1 fully saturated rings. The van der Waals surface area contributed by atoms with E-state index < -0.39 is 29.8 Å². The maximum Gasteiger partial charge on any atom is 0.412 e. The van der Waals surface area contributed by atoms with Crippen molar-refractivity contribution in [3.05, 3.63) is 30.6 Å². The first kappa shape index (κ1) is 26.3. The summed E-state index contributed by atoms with van der Waals surface area (Å²) < 4.78 is 53.1. The standard InChI is InChI=1S/C24H30F3N7O3/c1-23(2,3)37-22(35)32-17-6-5-13(9-18(17)36-4)14-10-19(34-20(14)21(29)30-12-31-34)33-8-7-16(28)15(11-33)24(25,26)27/h5-6,9-10,12,15-16H,7-8,11,28H2,1-4H3,(H,32,35)(H2,29,30,31)/t15-,16+/m0/s1. The number of fused-ring (bicyclic) bond motifs is 1. The van der Waals surface area contributed by atoms with Crippen LogP contribution in [0.3, 0.4) is 0 Å². The van der Waals surface area contributed by atoms with Crippen LogP contribution in [0.5, 0.6) is 5.75 Å². The van der Waals surface area contributed by atoms with E-state index in [1.807, 2.05) is 0 Å². The third kappa shape index (κ3) is 5.50. The average Bonchev–Trinajstić information content (AvgIpc) is 3.18. The number of carbonyl (C=O) groups is 1. The molecule has 1 aliphatic heterocycles. The largest absolute Gasteiger partial charge is 0.495 e. The topological polar surface area (TPSA) is 133 Å². The monoisotopic (exact) mass is 521 g/mol. The number of rotatable bonds is 4. The number of nitrogens with one attached hydrogen (secondary N) is 1. The maximum absolute atomic E-state index is 13.6. The average molecular weight is 522 g/mol. The Morgan fingerprint density at radius 3 is 2.59 bits per heavy atom. The van der Waals surface area contributed by atoms with Crippen molar-refractivity contribution in [3.63, 3.8) is 0 Å². The summed E-state index contributed by atoms with van der Waals surface area (Å²) in [4.78, 5) is 17.9. The molecule has 4 rings (SSSR count). The minimum atomic E-state index is -4.42. The fourth-order valence-electron chi connectivity index (χ4n) is 4.40. The van der Waals surface area contributed by atoms with Crippen LogP contribution in [-0.2, 0) is 4.74 Å². The van der Waals surface area contributed by atoms with Crippen LogP contribution in [0.1, 0.15) is 27.2 Å². The second-order valence-electron chi connectivity index (χ2n) is 9.91. The second kappa shape index (κ2) is 9.61. The summed E-state index contributed by atoms with van der Waals surface area (Å²) in [5.41, 5.74) is 13.4. The smallest absolute Gasteiger partial charge is 0.412 e. The lowest BCUT2D eigenvalue weighted by Gasteiger charge is -2.38. The van der Waals surface area contributed by atoms with E-state index in [-0.39, 0.29) is 18.8 Å². The first-order valence-electron chi connectivity index (χ1n) is 11.7. The summed E-state index contributed by atoms with van der Waals surface area (Å²) in [6.07, 6.45) is -3.64. The van der Waals surface area contributed by atoms with Gasteiger partial charge >= 0.3 is 12.3 Å². The highest BCUT2D eigenvalue weighted by molar-refractivity contribution is 5.93. The van der Waals surface area contributed by atoms with Gasteiger partial charge in [0.05, 0.1) is 18.7 Å². The van der Waals surface area contributed by atoms with E-state index in [4.69, 9.17) is 20.9 Å². The number of nitrogens with zero attached hydrogens (tertiary/aromatic N) is 4. The number of nitrogens with two attached hydrogens (primary N) is 2. The van der Waals surface area contributed by atoms with Crippen LogP contribution in [0, 0.1) is 5.92 Å². The maximum atomic E-state index is 13.6. The van der Waals surface area contributed by atoms with E-state index in [0.29, 0.717) is 40.4 Å². The molecule has 10 nitrogen and oxygen atoms in total. The highest BCUT2D eigenvalue weighted by Gasteiger charge is 2.46. The zero-order chi connectivity index (χ0) is 27.1. The number of aromatic nitrogens is 3. The number of amides is 1. The van der Waals surface area contributed by atoms with Gasteiger partial charge in [0.25, 0.3) is 0 Å². The molecule has 3 aromatic rings. The van der Waals surface area contributed by atoms with Crippen LogP contribution in [0.25, 0.3) is 16.6 Å². The number of hydrogen-bond acceptors (Lipinski definition) is 8. The number of piperidine rings is 1. The van der Waals surface area contributed by atoms with Gasteiger partial charge in [0.15, 0.2) is 5.82 Å². The fraction of sp³-hybridized carbons (Fsp3) is 0.458. The Balaban J connectivity index is 1.74. The Labute approximate surface area is 211 Å². The number of benzene rings is 1. The van der Waals surface area contributed by atoms with Gasteiger partial charge in [-0.3, -0.25) is 5.32 Å². The van der Waals surface area contributed by atoms with Crippen molar-refractivity contribution in [1.82, 2.24) is 14.6 Å². The molecule has 0 bridgehead atoms. The lowest BCUT2D eigenvalue weighted by atomic mass is 9.92. The number of methoxy groups -OCH3 is 1. The lowest BCUT2D eigenvalue weighted by molar-refractivity contribution is -0.180. The van der Waals surface area contributed by atoms with Crippen molar-refractivity contribution in [2.24, 2.45) is 11.7 Å². The Morgan fingerprint density at radius 1 is 1.22 bits per heavy atom. The van der Waals surface area contributed by atoms with Crippen LogP contribution in [0.2, 0.25) is 0 Å². The number of hydrogen-bond donors (Lipinski definition) is 3. The summed E-state index contributed by atoms with van der Waals surface area (Å²) in [5.74, 6) is -0.726. The molecule has 0 spiro atoms. The number of alkyl halides is 3. The van der Waals surface area contributed by atoms with Gasteiger partial charge in [-0.05, 0) is 51.0 Å². The van der Waals surface area contributed by atoms with Crippen molar-refractivity contribution in [2.45, 2.75) is 45.0 Å². The molecule has 2 aromatic heterocycles. The van der Waals surface area contributed by atoms with E-state index in [1.54, 1.807) is 49.9 Å². The summed E-state index contributed by atoms with van der Waals surface area (Å²) in [6, 6.07) is 5.80. The predicted octanol–water partition coefficient (Wildman–Crippen LogP) is 4.05. The Bertz CT molecular complexity index is 1300. The molecule has 0 radical (unpaired) electrons. The van der Waals surface area contributed by atoms with Gasteiger partial charge < -0.3 is 25.8 Å². The van der Waals surface area contributed by atoms with Crippen molar-refractivity contribution < 1.29 is 27.4 Å². The summed E-state index contributed by atoms with van der Waals surface area (Å²) >= 11 is 0. The van der Waals surface area contributed by atoms with Crippen molar-refractivity contribution in [3.8, 4) is 16.9 Å². The minimum absolute atomic E-state index is 0.159. The molecule has 2 atom stereocenters. The number of halogens is 3. The van der Waals surface area contributed by atoms with E-state index >= 15 is 0 Å². The van der Waals surface area contributed by atoms with Crippen LogP contribution < -0.4 is 26.4 Å². The second-order valence-corrected chi connectivity index (χ2v) is 9.91. The van der Waals surface area contributed by atoms with Crippen LogP contribution in [0.15, 0.2) is 30.6 Å². The lowest BCUT2D eigenvalue weighted by Crippen LogP contribution is -2.53. The normalized spacial score (nSPS) is 18.6. The van der Waals surface area contributed by atoms with E-state index in [1.165, 1.54) is 18.0 Å². The number of anilines is 3. The van der Waals surface area contributed by atoms with Gasteiger partial charge in [-0.2, -0.15) is 18.3 Å². The predicted molar refractivity (Wildman–Crippen MR) is 134 cm³/mol. The van der Waals surface area contributed by atoms with E-state index in [9.17, 15) is 18.0 Å². The van der Waals surface area contributed by atoms with Gasteiger partial charge in [0, 0.05) is 24.7 Å². The van der Waals surface area contributed by atoms with E-state index in [2.05, 4.69) is 15.4 Å². The number of nitrogen functional groups attached to an aromatic ring is 1. The quantitative estimate of drug-likeness (QED) is 0.468. The molecule has 1 aromatic carbocycles. The van der Waals surface area contributed by atoms with Gasteiger partial charge in [0.2, 0.25) is 0 Å². The van der Waals surface area contributed by atoms with Crippen LogP contribution in [-0.4, -0.2) is 58.7 Å². The molecule has 0 aliphatic carbocycles. The molecule has 13 heteroatoms. The van der Waals surface area contributed by atoms with E-state index in [0.717, 1.165) is 0 Å².